The van der Waals surface area contributed by atoms with Crippen LogP contribution in [0.2, 0.25) is 0 Å². The van der Waals surface area contributed by atoms with Crippen LogP contribution >= 0.6 is 47.0 Å². The number of carbonyl (C=O) groups excluding carboxylic acids is 1. The number of alkyl halides is 3. The smallest absolute Gasteiger partial charge is 0.337 e. The van der Waals surface area contributed by atoms with Gasteiger partial charge in [0, 0.05) is 5.41 Å². The largest absolute Gasteiger partial charge is 0.478 e. The molecule has 1 aromatic carbocycles. The van der Waals surface area contributed by atoms with E-state index >= 15 is 0 Å². The van der Waals surface area contributed by atoms with Crippen LogP contribution in [0, 0.1) is 5.41 Å². The lowest BCUT2D eigenvalue weighted by molar-refractivity contribution is -0.129. The fourth-order valence-electron chi connectivity index (χ4n) is 1.62. The third-order valence-corrected chi connectivity index (χ3v) is 3.84. The van der Waals surface area contributed by atoms with Crippen molar-refractivity contribution in [1.29, 1.82) is 0 Å². The van der Waals surface area contributed by atoms with E-state index in [1.54, 1.807) is 32.9 Å². The SMILES string of the molecule is CC(C)(C)C(=O)N[C@H](NC(=S)Nc1ccccc1C(=O)O)C(Cl)(Cl)Cl. The van der Waals surface area contributed by atoms with Crippen LogP contribution in [0.25, 0.3) is 0 Å². The molecular weight excluding hydrogens is 409 g/mol. The Morgan fingerprint density at radius 2 is 1.68 bits per heavy atom. The lowest BCUT2D eigenvalue weighted by Crippen LogP contribution is -2.58. The fourth-order valence-corrected chi connectivity index (χ4v) is 2.17. The minimum absolute atomic E-state index is 0.0146. The highest BCUT2D eigenvalue weighted by Gasteiger charge is 2.36. The number of carbonyl (C=O) groups is 2. The number of hydrogen-bond donors (Lipinski definition) is 4. The minimum atomic E-state index is -1.89. The Kier molecular flexibility index (Phi) is 7.31. The predicted octanol–water partition coefficient (Wildman–Crippen LogP) is 3.53. The number of nitrogens with one attached hydrogen (secondary N) is 3. The van der Waals surface area contributed by atoms with Crippen LogP contribution in [0.5, 0.6) is 0 Å². The first-order valence-corrected chi connectivity index (χ1v) is 8.64. The number of carboxylic acids is 1. The van der Waals surface area contributed by atoms with E-state index in [0.717, 1.165) is 0 Å². The van der Waals surface area contributed by atoms with Crippen LogP contribution < -0.4 is 16.0 Å². The number of benzene rings is 1. The second-order valence-corrected chi connectivity index (χ2v) is 8.92. The first kappa shape index (κ1) is 21.8. The number of halogens is 3. The molecule has 1 rings (SSSR count). The van der Waals surface area contributed by atoms with Crippen LogP contribution in [-0.2, 0) is 4.79 Å². The molecule has 1 aromatic rings. The number of hydrogen-bond acceptors (Lipinski definition) is 3. The van der Waals surface area contributed by atoms with Gasteiger partial charge in [0.2, 0.25) is 9.70 Å². The van der Waals surface area contributed by atoms with Gasteiger partial charge in [0.1, 0.15) is 6.17 Å². The van der Waals surface area contributed by atoms with Gasteiger partial charge >= 0.3 is 5.97 Å². The van der Waals surface area contributed by atoms with Gasteiger partial charge in [0.05, 0.1) is 11.3 Å². The summed E-state index contributed by atoms with van der Waals surface area (Å²) < 4.78 is -1.89. The Labute approximate surface area is 166 Å². The fraction of sp³-hybridized carbons (Fsp3) is 0.400. The molecule has 138 valence electrons. The number of anilines is 1. The van der Waals surface area contributed by atoms with Crippen molar-refractivity contribution in [3.8, 4) is 0 Å². The van der Waals surface area contributed by atoms with E-state index in [-0.39, 0.29) is 22.3 Å². The summed E-state index contributed by atoms with van der Waals surface area (Å²) >= 11 is 22.8. The van der Waals surface area contributed by atoms with Crippen molar-refractivity contribution < 1.29 is 14.7 Å². The summed E-state index contributed by atoms with van der Waals surface area (Å²) in [6.07, 6.45) is -1.12. The lowest BCUT2D eigenvalue weighted by Gasteiger charge is -2.30. The molecule has 0 heterocycles. The highest BCUT2D eigenvalue weighted by molar-refractivity contribution is 7.80. The van der Waals surface area contributed by atoms with Crippen LogP contribution in [0.15, 0.2) is 24.3 Å². The summed E-state index contributed by atoms with van der Waals surface area (Å²) in [6.45, 7) is 5.12. The molecule has 10 heteroatoms. The quantitative estimate of drug-likeness (QED) is 0.334. The summed E-state index contributed by atoms with van der Waals surface area (Å²) in [4.78, 5) is 23.4. The van der Waals surface area contributed by atoms with Crippen molar-refractivity contribution in [1.82, 2.24) is 10.6 Å². The molecule has 4 N–H and O–H groups in total. The molecular formula is C15H18Cl3N3O3S. The van der Waals surface area contributed by atoms with Gasteiger partial charge in [-0.1, -0.05) is 67.7 Å². The molecule has 6 nitrogen and oxygen atoms in total. The average Bonchev–Trinajstić information content (AvgIpc) is 2.44. The Hall–Kier alpha value is -1.28. The zero-order valence-electron chi connectivity index (χ0n) is 13.7. The number of carboxylic acid groups (broad SMARTS) is 1. The number of amides is 1. The standard InChI is InChI=1S/C15H18Cl3N3O3S/c1-14(2,3)12(24)20-11(15(16,17)18)21-13(25)19-9-7-5-4-6-8(9)10(22)23/h4-7,11H,1-3H3,(H,20,24)(H,22,23)(H2,19,21,25)/t11-/m1/s1. The first-order chi connectivity index (χ1) is 11.3. The van der Waals surface area contributed by atoms with Crippen LogP contribution in [-0.4, -0.2) is 32.1 Å². The average molecular weight is 427 g/mol. The van der Waals surface area contributed by atoms with Gasteiger partial charge in [0.25, 0.3) is 0 Å². The molecule has 0 radical (unpaired) electrons. The van der Waals surface area contributed by atoms with Gasteiger partial charge in [0.15, 0.2) is 5.11 Å². The molecule has 1 atom stereocenters. The number of thiocarbonyl (C=S) groups is 1. The summed E-state index contributed by atoms with van der Waals surface area (Å²) in [7, 11) is 0. The highest BCUT2D eigenvalue weighted by Crippen LogP contribution is 2.30. The van der Waals surface area contributed by atoms with Crippen molar-refractivity contribution >= 4 is 69.7 Å². The van der Waals surface area contributed by atoms with Gasteiger partial charge in [-0.2, -0.15) is 0 Å². The summed E-state index contributed by atoms with van der Waals surface area (Å²) in [5, 5.41) is 17.1. The Morgan fingerprint density at radius 1 is 1.12 bits per heavy atom. The molecule has 0 fully saturated rings. The van der Waals surface area contributed by atoms with Gasteiger partial charge in [-0.3, -0.25) is 4.79 Å². The summed E-state index contributed by atoms with van der Waals surface area (Å²) in [6, 6.07) is 6.18. The molecule has 0 aliphatic heterocycles. The van der Waals surface area contributed by atoms with E-state index < -0.39 is 21.3 Å². The maximum atomic E-state index is 12.1. The normalized spacial score (nSPS) is 12.9. The van der Waals surface area contributed by atoms with Crippen molar-refractivity contribution in [2.24, 2.45) is 5.41 Å². The Balaban J connectivity index is 2.90. The molecule has 0 saturated heterocycles. The maximum absolute atomic E-state index is 12.1. The molecule has 0 aliphatic carbocycles. The number of para-hydroxylation sites is 1. The van der Waals surface area contributed by atoms with Gasteiger partial charge < -0.3 is 21.1 Å². The van der Waals surface area contributed by atoms with Crippen LogP contribution in [0.3, 0.4) is 0 Å². The first-order valence-electron chi connectivity index (χ1n) is 7.10. The van der Waals surface area contributed by atoms with E-state index in [9.17, 15) is 14.7 Å². The predicted molar refractivity (Wildman–Crippen MR) is 104 cm³/mol. The molecule has 0 spiro atoms. The van der Waals surface area contributed by atoms with Crippen molar-refractivity contribution in [2.45, 2.75) is 30.7 Å². The van der Waals surface area contributed by atoms with E-state index in [1.807, 2.05) is 0 Å². The molecule has 0 saturated carbocycles. The Bertz CT molecular complexity index is 672. The third kappa shape index (κ3) is 6.86. The van der Waals surface area contributed by atoms with Gasteiger partial charge in [-0.25, -0.2) is 4.79 Å². The number of aromatic carboxylic acids is 1. The second kappa shape index (κ2) is 8.40. The third-order valence-electron chi connectivity index (χ3n) is 2.97. The van der Waals surface area contributed by atoms with Crippen molar-refractivity contribution in [3.05, 3.63) is 29.8 Å². The molecule has 0 aliphatic rings. The molecule has 0 aromatic heterocycles. The number of rotatable bonds is 4. The van der Waals surface area contributed by atoms with E-state index in [1.165, 1.54) is 12.1 Å². The molecule has 0 bridgehead atoms. The minimum Gasteiger partial charge on any atom is -0.478 e. The van der Waals surface area contributed by atoms with Crippen LogP contribution in [0.4, 0.5) is 5.69 Å². The topological polar surface area (TPSA) is 90.5 Å². The highest BCUT2D eigenvalue weighted by atomic mass is 35.6. The summed E-state index contributed by atoms with van der Waals surface area (Å²) in [5.41, 5.74) is -0.422. The van der Waals surface area contributed by atoms with E-state index in [4.69, 9.17) is 47.0 Å². The van der Waals surface area contributed by atoms with Gasteiger partial charge in [-0.15, -0.1) is 0 Å². The molecule has 1 amide bonds. The van der Waals surface area contributed by atoms with E-state index in [0.29, 0.717) is 0 Å². The maximum Gasteiger partial charge on any atom is 0.337 e. The molecule has 25 heavy (non-hydrogen) atoms. The zero-order chi connectivity index (χ0) is 19.4. The van der Waals surface area contributed by atoms with E-state index in [2.05, 4.69) is 16.0 Å². The second-order valence-electron chi connectivity index (χ2n) is 6.15. The molecule has 0 unspecified atom stereocenters. The van der Waals surface area contributed by atoms with Crippen molar-refractivity contribution in [2.75, 3.05) is 5.32 Å². The zero-order valence-corrected chi connectivity index (χ0v) is 16.8. The monoisotopic (exact) mass is 425 g/mol. The van der Waals surface area contributed by atoms with Gasteiger partial charge in [-0.05, 0) is 24.4 Å². The van der Waals surface area contributed by atoms with Crippen LogP contribution in [0.1, 0.15) is 31.1 Å². The Morgan fingerprint density at radius 3 is 2.16 bits per heavy atom. The van der Waals surface area contributed by atoms with Crippen molar-refractivity contribution in [3.63, 3.8) is 0 Å². The lowest BCUT2D eigenvalue weighted by atomic mass is 9.95. The summed E-state index contributed by atoms with van der Waals surface area (Å²) in [5.74, 6) is -1.48.